The first kappa shape index (κ1) is 11.1. The van der Waals surface area contributed by atoms with Gasteiger partial charge in [0.1, 0.15) is 12.5 Å². The number of fused-ring (bicyclic) bond motifs is 1. The molecular formula is C17H12N2O. The summed E-state index contributed by atoms with van der Waals surface area (Å²) < 4.78 is 5.38. The lowest BCUT2D eigenvalue weighted by Gasteiger charge is -2.03. The molecule has 0 spiro atoms. The maximum atomic E-state index is 5.38. The number of para-hydroxylation sites is 1. The Bertz CT molecular complexity index is 859. The Morgan fingerprint density at radius 2 is 1.75 bits per heavy atom. The molecule has 0 unspecified atom stereocenters. The van der Waals surface area contributed by atoms with Crippen molar-refractivity contribution in [1.82, 2.24) is 9.97 Å². The molecular weight excluding hydrogens is 248 g/mol. The fourth-order valence-corrected chi connectivity index (χ4v) is 2.42. The molecule has 0 saturated heterocycles. The normalized spacial score (nSPS) is 11.0. The van der Waals surface area contributed by atoms with Gasteiger partial charge in [-0.05, 0) is 24.3 Å². The number of aromatic amines is 1. The van der Waals surface area contributed by atoms with E-state index >= 15 is 0 Å². The molecule has 3 heterocycles. The Hall–Kier alpha value is -2.81. The lowest BCUT2D eigenvalue weighted by molar-refractivity contribution is 0.568. The van der Waals surface area contributed by atoms with Crippen molar-refractivity contribution in [2.24, 2.45) is 0 Å². The first-order valence-corrected chi connectivity index (χ1v) is 6.48. The summed E-state index contributed by atoms with van der Waals surface area (Å²) in [6.07, 6.45) is 5.39. The third-order valence-electron chi connectivity index (χ3n) is 3.42. The Kier molecular flexibility index (Phi) is 2.42. The van der Waals surface area contributed by atoms with Crippen LogP contribution in [-0.4, -0.2) is 9.97 Å². The van der Waals surface area contributed by atoms with Gasteiger partial charge in [0.05, 0.1) is 11.2 Å². The molecule has 0 fully saturated rings. The van der Waals surface area contributed by atoms with Gasteiger partial charge >= 0.3 is 0 Å². The molecule has 3 heteroatoms. The molecule has 0 aliphatic heterocycles. The van der Waals surface area contributed by atoms with E-state index in [1.54, 1.807) is 12.5 Å². The molecule has 4 aromatic rings. The molecule has 1 N–H and O–H groups in total. The SMILES string of the molecule is c1c[nH]c(-c2cocc2-c2ccc3ccccc3n2)c1. The number of H-pyrrole nitrogens is 1. The predicted octanol–water partition coefficient (Wildman–Crippen LogP) is 4.49. The van der Waals surface area contributed by atoms with Gasteiger partial charge in [-0.15, -0.1) is 0 Å². The number of hydrogen-bond donors (Lipinski definition) is 1. The second-order valence-corrected chi connectivity index (χ2v) is 4.67. The van der Waals surface area contributed by atoms with Crippen molar-refractivity contribution in [3.05, 3.63) is 67.3 Å². The fourth-order valence-electron chi connectivity index (χ4n) is 2.42. The summed E-state index contributed by atoms with van der Waals surface area (Å²) in [4.78, 5) is 7.91. The first-order chi connectivity index (χ1) is 9.92. The minimum Gasteiger partial charge on any atom is -0.471 e. The van der Waals surface area contributed by atoms with Crippen molar-refractivity contribution in [3.63, 3.8) is 0 Å². The van der Waals surface area contributed by atoms with Gasteiger partial charge in [0, 0.05) is 28.4 Å². The van der Waals surface area contributed by atoms with Crippen LogP contribution in [-0.2, 0) is 0 Å². The molecule has 0 radical (unpaired) electrons. The summed E-state index contributed by atoms with van der Waals surface area (Å²) in [5.41, 5.74) is 4.96. The highest BCUT2D eigenvalue weighted by Crippen LogP contribution is 2.31. The lowest BCUT2D eigenvalue weighted by Crippen LogP contribution is -1.86. The summed E-state index contributed by atoms with van der Waals surface area (Å²) in [5, 5.41) is 1.14. The van der Waals surface area contributed by atoms with Gasteiger partial charge in [-0.1, -0.05) is 24.3 Å². The maximum Gasteiger partial charge on any atom is 0.100 e. The highest BCUT2D eigenvalue weighted by Gasteiger charge is 2.12. The molecule has 0 amide bonds. The third-order valence-corrected chi connectivity index (χ3v) is 3.42. The second-order valence-electron chi connectivity index (χ2n) is 4.67. The van der Waals surface area contributed by atoms with Crippen LogP contribution in [0.4, 0.5) is 0 Å². The highest BCUT2D eigenvalue weighted by atomic mass is 16.3. The molecule has 3 aromatic heterocycles. The van der Waals surface area contributed by atoms with Gasteiger partial charge in [0.2, 0.25) is 0 Å². The van der Waals surface area contributed by atoms with Crippen LogP contribution in [0.1, 0.15) is 0 Å². The zero-order valence-corrected chi connectivity index (χ0v) is 10.7. The minimum absolute atomic E-state index is 0.919. The van der Waals surface area contributed by atoms with Crippen LogP contribution >= 0.6 is 0 Å². The molecule has 0 aliphatic carbocycles. The van der Waals surface area contributed by atoms with Crippen LogP contribution in [0.25, 0.3) is 33.4 Å². The van der Waals surface area contributed by atoms with Crippen molar-refractivity contribution in [3.8, 4) is 22.5 Å². The van der Waals surface area contributed by atoms with E-state index in [-0.39, 0.29) is 0 Å². The van der Waals surface area contributed by atoms with E-state index in [2.05, 4.69) is 17.1 Å². The number of nitrogens with one attached hydrogen (secondary N) is 1. The summed E-state index contributed by atoms with van der Waals surface area (Å²) in [6, 6.07) is 16.2. The van der Waals surface area contributed by atoms with Gasteiger partial charge < -0.3 is 9.40 Å². The van der Waals surface area contributed by atoms with E-state index < -0.39 is 0 Å². The van der Waals surface area contributed by atoms with Crippen LogP contribution < -0.4 is 0 Å². The number of pyridine rings is 1. The minimum atomic E-state index is 0.919. The Balaban J connectivity index is 1.90. The molecule has 3 nitrogen and oxygen atoms in total. The van der Waals surface area contributed by atoms with E-state index in [0.717, 1.165) is 33.4 Å². The largest absolute Gasteiger partial charge is 0.471 e. The van der Waals surface area contributed by atoms with Crippen LogP contribution in [0.3, 0.4) is 0 Å². The van der Waals surface area contributed by atoms with Gasteiger partial charge in [-0.2, -0.15) is 0 Å². The number of aromatic nitrogens is 2. The molecule has 1 aromatic carbocycles. The quantitative estimate of drug-likeness (QED) is 0.577. The van der Waals surface area contributed by atoms with E-state index in [1.165, 1.54) is 0 Å². The van der Waals surface area contributed by atoms with Crippen molar-refractivity contribution >= 4 is 10.9 Å². The van der Waals surface area contributed by atoms with Crippen molar-refractivity contribution in [2.45, 2.75) is 0 Å². The number of hydrogen-bond acceptors (Lipinski definition) is 2. The van der Waals surface area contributed by atoms with Crippen LogP contribution in [0, 0.1) is 0 Å². The molecule has 0 saturated carbocycles. The predicted molar refractivity (Wildman–Crippen MR) is 79.2 cm³/mol. The highest BCUT2D eigenvalue weighted by molar-refractivity contribution is 5.85. The average molecular weight is 260 g/mol. The van der Waals surface area contributed by atoms with E-state index in [4.69, 9.17) is 9.40 Å². The Morgan fingerprint density at radius 1 is 0.850 bits per heavy atom. The van der Waals surface area contributed by atoms with Gasteiger partial charge in [0.15, 0.2) is 0 Å². The molecule has 96 valence electrons. The summed E-state index contributed by atoms with van der Waals surface area (Å²) >= 11 is 0. The van der Waals surface area contributed by atoms with Crippen molar-refractivity contribution in [2.75, 3.05) is 0 Å². The van der Waals surface area contributed by atoms with Crippen LogP contribution in [0.2, 0.25) is 0 Å². The summed E-state index contributed by atoms with van der Waals surface area (Å²) in [7, 11) is 0. The molecule has 0 aliphatic rings. The summed E-state index contributed by atoms with van der Waals surface area (Å²) in [6.45, 7) is 0. The smallest absolute Gasteiger partial charge is 0.100 e. The zero-order chi connectivity index (χ0) is 13.4. The molecule has 20 heavy (non-hydrogen) atoms. The third kappa shape index (κ3) is 1.72. The summed E-state index contributed by atoms with van der Waals surface area (Å²) in [5.74, 6) is 0. The number of benzene rings is 1. The van der Waals surface area contributed by atoms with E-state index in [1.807, 2.05) is 42.6 Å². The van der Waals surface area contributed by atoms with Gasteiger partial charge in [0.25, 0.3) is 0 Å². The van der Waals surface area contributed by atoms with Crippen LogP contribution in [0.5, 0.6) is 0 Å². The second kappa shape index (κ2) is 4.38. The fraction of sp³-hybridized carbons (Fsp3) is 0. The number of rotatable bonds is 2. The molecule has 0 atom stereocenters. The van der Waals surface area contributed by atoms with Crippen molar-refractivity contribution < 1.29 is 4.42 Å². The Morgan fingerprint density at radius 3 is 2.65 bits per heavy atom. The van der Waals surface area contributed by atoms with Crippen LogP contribution in [0.15, 0.2) is 71.7 Å². The molecule has 4 rings (SSSR count). The average Bonchev–Trinajstić information content (AvgIpc) is 3.17. The topological polar surface area (TPSA) is 41.8 Å². The Labute approximate surface area is 115 Å². The standard InChI is InChI=1S/C17H12N2O/c1-2-5-15-12(4-1)7-8-17(19-15)14-11-20-10-13(14)16-6-3-9-18-16/h1-11,18H. The molecule has 0 bridgehead atoms. The monoisotopic (exact) mass is 260 g/mol. The van der Waals surface area contributed by atoms with Gasteiger partial charge in [-0.3, -0.25) is 0 Å². The first-order valence-electron chi connectivity index (χ1n) is 6.48. The number of furan rings is 1. The van der Waals surface area contributed by atoms with Gasteiger partial charge in [-0.25, -0.2) is 4.98 Å². The van der Waals surface area contributed by atoms with Crippen molar-refractivity contribution in [1.29, 1.82) is 0 Å². The maximum absolute atomic E-state index is 5.38. The lowest BCUT2D eigenvalue weighted by atomic mass is 10.1. The van der Waals surface area contributed by atoms with E-state index in [9.17, 15) is 0 Å². The zero-order valence-electron chi connectivity index (χ0n) is 10.7. The van der Waals surface area contributed by atoms with E-state index in [0.29, 0.717) is 0 Å². The number of nitrogens with zero attached hydrogens (tertiary/aromatic N) is 1.